The molecule has 0 aliphatic heterocycles. The molecule has 0 fully saturated rings. The highest BCUT2D eigenvalue weighted by molar-refractivity contribution is 5.74. The second-order valence-corrected chi connectivity index (χ2v) is 2.68. The largest absolute Gasteiger partial charge is 0.370 e. The van der Waals surface area contributed by atoms with Gasteiger partial charge in [-0.25, -0.2) is 0 Å². The number of amides is 1. The van der Waals surface area contributed by atoms with Gasteiger partial charge in [0, 0.05) is 12.5 Å². The Morgan fingerprint density at radius 1 is 1.64 bits per heavy atom. The smallest absolute Gasteiger partial charge is 0.218 e. The zero-order valence-electron chi connectivity index (χ0n) is 6.97. The van der Waals surface area contributed by atoms with E-state index in [1.807, 2.05) is 7.05 Å². The predicted molar refractivity (Wildman–Crippen MR) is 44.9 cm³/mol. The molecule has 0 aromatic heterocycles. The first kappa shape index (κ1) is 10.4. The van der Waals surface area contributed by atoms with Crippen LogP contribution in [0.4, 0.5) is 0 Å². The van der Waals surface area contributed by atoms with Crippen LogP contribution in [0.15, 0.2) is 0 Å². The molecule has 0 aromatic carbocycles. The van der Waals surface area contributed by atoms with Crippen LogP contribution in [-0.2, 0) is 4.79 Å². The van der Waals surface area contributed by atoms with Crippen LogP contribution in [0.3, 0.4) is 0 Å². The Morgan fingerprint density at radius 2 is 2.27 bits per heavy atom. The van der Waals surface area contributed by atoms with E-state index < -0.39 is 0 Å². The van der Waals surface area contributed by atoms with Crippen LogP contribution >= 0.6 is 0 Å². The monoisotopic (exact) mass is 159 g/mol. The lowest BCUT2D eigenvalue weighted by molar-refractivity contribution is -0.118. The fourth-order valence-corrected chi connectivity index (χ4v) is 0.902. The van der Waals surface area contributed by atoms with E-state index in [-0.39, 0.29) is 11.9 Å². The minimum Gasteiger partial charge on any atom is -0.370 e. The van der Waals surface area contributed by atoms with Crippen molar-refractivity contribution in [2.75, 3.05) is 13.6 Å². The summed E-state index contributed by atoms with van der Waals surface area (Å²) in [6.07, 6.45) is 2.14. The maximum absolute atomic E-state index is 10.4. The zero-order chi connectivity index (χ0) is 8.69. The first-order valence-electron chi connectivity index (χ1n) is 3.85. The van der Waals surface area contributed by atoms with Crippen molar-refractivity contribution in [2.45, 2.75) is 25.3 Å². The maximum Gasteiger partial charge on any atom is 0.218 e. The Labute approximate surface area is 67.3 Å². The molecule has 0 saturated carbocycles. The number of primary amides is 1. The molecule has 5 N–H and O–H groups in total. The molecule has 0 bridgehead atoms. The molecule has 0 rings (SSSR count). The summed E-state index contributed by atoms with van der Waals surface area (Å²) in [5.74, 6) is -0.318. The van der Waals surface area contributed by atoms with E-state index in [0.717, 1.165) is 19.4 Å². The molecule has 4 heteroatoms. The molecule has 0 heterocycles. The molecular formula is C7H17N3O. The molecule has 4 nitrogen and oxygen atoms in total. The van der Waals surface area contributed by atoms with Crippen molar-refractivity contribution in [1.82, 2.24) is 5.32 Å². The van der Waals surface area contributed by atoms with E-state index in [4.69, 9.17) is 11.5 Å². The van der Waals surface area contributed by atoms with Gasteiger partial charge < -0.3 is 16.8 Å². The van der Waals surface area contributed by atoms with Crippen LogP contribution in [0.5, 0.6) is 0 Å². The van der Waals surface area contributed by atoms with Gasteiger partial charge in [-0.05, 0) is 26.4 Å². The maximum atomic E-state index is 10.4. The van der Waals surface area contributed by atoms with Crippen molar-refractivity contribution in [2.24, 2.45) is 11.5 Å². The van der Waals surface area contributed by atoms with E-state index in [9.17, 15) is 4.79 Å². The van der Waals surface area contributed by atoms with Gasteiger partial charge in [-0.15, -0.1) is 0 Å². The Morgan fingerprint density at radius 3 is 2.73 bits per heavy atom. The average Bonchev–Trinajstić information content (AvgIpc) is 1.86. The van der Waals surface area contributed by atoms with Gasteiger partial charge in [-0.3, -0.25) is 4.79 Å². The van der Waals surface area contributed by atoms with Crippen LogP contribution in [0.2, 0.25) is 0 Å². The van der Waals surface area contributed by atoms with Crippen molar-refractivity contribution >= 4 is 5.91 Å². The Balaban J connectivity index is 3.22. The zero-order valence-corrected chi connectivity index (χ0v) is 6.97. The van der Waals surface area contributed by atoms with Crippen molar-refractivity contribution in [3.8, 4) is 0 Å². The number of rotatable bonds is 6. The minimum atomic E-state index is -0.318. The van der Waals surface area contributed by atoms with Gasteiger partial charge in [-0.2, -0.15) is 0 Å². The van der Waals surface area contributed by atoms with Crippen LogP contribution in [-0.4, -0.2) is 25.5 Å². The standard InChI is InChI=1S/C7H17N3O/c1-10-4-2-3-6(8)5-7(9)11/h6,10H,2-5,8H2,1H3,(H2,9,11)/t6-/m0/s1. The summed E-state index contributed by atoms with van der Waals surface area (Å²) in [7, 11) is 1.89. The normalized spacial score (nSPS) is 12.9. The number of nitrogens with two attached hydrogens (primary N) is 2. The van der Waals surface area contributed by atoms with E-state index in [1.54, 1.807) is 0 Å². The van der Waals surface area contributed by atoms with Gasteiger partial charge in [0.15, 0.2) is 0 Å². The second kappa shape index (κ2) is 6.12. The fourth-order valence-electron chi connectivity index (χ4n) is 0.902. The first-order chi connectivity index (χ1) is 5.16. The third-order valence-corrected chi connectivity index (χ3v) is 1.47. The highest BCUT2D eigenvalue weighted by atomic mass is 16.1. The summed E-state index contributed by atoms with van der Waals surface area (Å²) in [6.45, 7) is 0.937. The third-order valence-electron chi connectivity index (χ3n) is 1.47. The van der Waals surface area contributed by atoms with Gasteiger partial charge in [0.05, 0.1) is 0 Å². The molecule has 0 aliphatic carbocycles. The average molecular weight is 159 g/mol. The predicted octanol–water partition coefficient (Wildman–Crippen LogP) is -0.811. The molecule has 0 aromatic rings. The lowest BCUT2D eigenvalue weighted by atomic mass is 10.1. The number of carbonyl (C=O) groups excluding carboxylic acids is 1. The van der Waals surface area contributed by atoms with Gasteiger partial charge in [0.1, 0.15) is 0 Å². The summed E-state index contributed by atoms with van der Waals surface area (Å²) < 4.78 is 0. The Kier molecular flexibility index (Phi) is 5.78. The van der Waals surface area contributed by atoms with Gasteiger partial charge >= 0.3 is 0 Å². The van der Waals surface area contributed by atoms with Crippen molar-refractivity contribution in [3.05, 3.63) is 0 Å². The van der Waals surface area contributed by atoms with Crippen molar-refractivity contribution in [1.29, 1.82) is 0 Å². The van der Waals surface area contributed by atoms with Gasteiger partial charge in [0.2, 0.25) is 5.91 Å². The van der Waals surface area contributed by atoms with E-state index in [2.05, 4.69) is 5.32 Å². The summed E-state index contributed by atoms with van der Waals surface area (Å²) >= 11 is 0. The fraction of sp³-hybridized carbons (Fsp3) is 0.857. The molecule has 1 atom stereocenters. The van der Waals surface area contributed by atoms with Crippen molar-refractivity contribution < 1.29 is 4.79 Å². The van der Waals surface area contributed by atoms with Crippen LogP contribution in [0.1, 0.15) is 19.3 Å². The number of hydrogen-bond donors (Lipinski definition) is 3. The van der Waals surface area contributed by atoms with Crippen LogP contribution in [0, 0.1) is 0 Å². The quantitative estimate of drug-likeness (QED) is 0.443. The van der Waals surface area contributed by atoms with Crippen LogP contribution < -0.4 is 16.8 Å². The number of nitrogens with one attached hydrogen (secondary N) is 1. The molecule has 66 valence electrons. The molecule has 11 heavy (non-hydrogen) atoms. The van der Waals surface area contributed by atoms with Gasteiger partial charge in [0.25, 0.3) is 0 Å². The second-order valence-electron chi connectivity index (χ2n) is 2.68. The Bertz CT molecular complexity index is 116. The minimum absolute atomic E-state index is 0.0687. The van der Waals surface area contributed by atoms with Gasteiger partial charge in [-0.1, -0.05) is 0 Å². The topological polar surface area (TPSA) is 81.1 Å². The van der Waals surface area contributed by atoms with E-state index in [1.165, 1.54) is 0 Å². The number of carbonyl (C=O) groups is 1. The summed E-state index contributed by atoms with van der Waals surface area (Å²) in [5.41, 5.74) is 10.5. The SMILES string of the molecule is CNCCC[C@H](N)CC(N)=O. The summed E-state index contributed by atoms with van der Waals surface area (Å²) in [4.78, 5) is 10.4. The molecule has 1 amide bonds. The Hall–Kier alpha value is -0.610. The molecule has 0 unspecified atom stereocenters. The summed E-state index contributed by atoms with van der Waals surface area (Å²) in [6, 6.07) is -0.0687. The lowest BCUT2D eigenvalue weighted by Gasteiger charge is -2.07. The molecule has 0 spiro atoms. The molecule has 0 aliphatic rings. The number of hydrogen-bond acceptors (Lipinski definition) is 3. The molecule has 0 saturated heterocycles. The third kappa shape index (κ3) is 7.29. The molecule has 0 radical (unpaired) electrons. The highest BCUT2D eigenvalue weighted by Gasteiger charge is 2.04. The van der Waals surface area contributed by atoms with Crippen LogP contribution in [0.25, 0.3) is 0 Å². The van der Waals surface area contributed by atoms with E-state index >= 15 is 0 Å². The summed E-state index contributed by atoms with van der Waals surface area (Å²) in [5, 5.41) is 3.00. The molecular weight excluding hydrogens is 142 g/mol. The van der Waals surface area contributed by atoms with E-state index in [0.29, 0.717) is 6.42 Å². The van der Waals surface area contributed by atoms with Crippen molar-refractivity contribution in [3.63, 3.8) is 0 Å². The lowest BCUT2D eigenvalue weighted by Crippen LogP contribution is -2.28. The highest BCUT2D eigenvalue weighted by Crippen LogP contribution is 1.96. The first-order valence-corrected chi connectivity index (χ1v) is 3.85.